The average molecular weight is 377 g/mol. The summed E-state index contributed by atoms with van der Waals surface area (Å²) in [5.74, 6) is -0.377. The van der Waals surface area contributed by atoms with E-state index in [1.807, 2.05) is 50.2 Å². The van der Waals surface area contributed by atoms with E-state index in [1.54, 1.807) is 11.5 Å². The maximum absolute atomic E-state index is 12.6. The molecule has 1 N–H and O–H groups in total. The van der Waals surface area contributed by atoms with Crippen molar-refractivity contribution >= 4 is 22.7 Å². The summed E-state index contributed by atoms with van der Waals surface area (Å²) in [6.07, 6.45) is 1.45. The molecule has 28 heavy (non-hydrogen) atoms. The molecule has 1 aromatic carbocycles. The molecule has 0 fully saturated rings. The molecule has 0 aliphatic carbocycles. The Morgan fingerprint density at radius 2 is 2.07 bits per heavy atom. The third-order valence-electron chi connectivity index (χ3n) is 4.19. The van der Waals surface area contributed by atoms with E-state index in [0.29, 0.717) is 16.7 Å². The molecule has 0 unspecified atom stereocenters. The van der Waals surface area contributed by atoms with Crippen LogP contribution in [0.3, 0.4) is 0 Å². The molecule has 0 atom stereocenters. The molecule has 0 spiro atoms. The quantitative estimate of drug-likeness (QED) is 0.315. The molecule has 3 aromatic rings. The van der Waals surface area contributed by atoms with Crippen molar-refractivity contribution in [3.05, 3.63) is 47.9 Å². The van der Waals surface area contributed by atoms with Gasteiger partial charge in [-0.2, -0.15) is 5.26 Å². The Balaban J connectivity index is 2.45. The molecule has 142 valence electrons. The Kier molecular flexibility index (Phi) is 5.36. The topological polar surface area (TPSA) is 113 Å². The van der Waals surface area contributed by atoms with Crippen LogP contribution in [0.25, 0.3) is 22.3 Å². The van der Waals surface area contributed by atoms with Gasteiger partial charge in [0.1, 0.15) is 17.1 Å². The molecule has 0 saturated heterocycles. The van der Waals surface area contributed by atoms with Gasteiger partial charge in [-0.15, -0.1) is 0 Å². The van der Waals surface area contributed by atoms with Gasteiger partial charge >= 0.3 is 5.97 Å². The first-order valence-electron chi connectivity index (χ1n) is 8.79. The van der Waals surface area contributed by atoms with Crippen LogP contribution in [0, 0.1) is 11.3 Å². The minimum atomic E-state index is -0.535. The highest BCUT2D eigenvalue weighted by Gasteiger charge is 2.26. The van der Waals surface area contributed by atoms with Crippen LogP contribution in [0.4, 0.5) is 0 Å². The zero-order chi connectivity index (χ0) is 20.3. The Morgan fingerprint density at radius 3 is 2.64 bits per heavy atom. The van der Waals surface area contributed by atoms with Crippen LogP contribution in [0.2, 0.25) is 0 Å². The molecule has 0 saturated carbocycles. The van der Waals surface area contributed by atoms with E-state index in [1.165, 1.54) is 6.20 Å². The Bertz CT molecular complexity index is 1090. The normalized spacial score (nSPS) is 11.6. The minimum absolute atomic E-state index is 0.158. The lowest BCUT2D eigenvalue weighted by molar-refractivity contribution is 0.0527. The van der Waals surface area contributed by atoms with Crippen LogP contribution in [0.5, 0.6) is 0 Å². The predicted octanol–water partition coefficient (Wildman–Crippen LogP) is 3.56. The minimum Gasteiger partial charge on any atom is -0.462 e. The van der Waals surface area contributed by atoms with Gasteiger partial charge in [-0.3, -0.25) is 4.98 Å². The predicted molar refractivity (Wildman–Crippen MR) is 103 cm³/mol. The fraction of sp³-hybridized carbons (Fsp3) is 0.250. The van der Waals surface area contributed by atoms with E-state index in [0.717, 1.165) is 5.56 Å². The van der Waals surface area contributed by atoms with Crippen molar-refractivity contribution in [2.75, 3.05) is 6.61 Å². The molecule has 3 rings (SSSR count). The lowest BCUT2D eigenvalue weighted by Crippen LogP contribution is -2.14. The van der Waals surface area contributed by atoms with Gasteiger partial charge in [0, 0.05) is 17.8 Å². The summed E-state index contributed by atoms with van der Waals surface area (Å²) < 4.78 is 6.86. The number of hydrogen-bond donors (Lipinski definition) is 1. The third-order valence-corrected chi connectivity index (χ3v) is 4.19. The lowest BCUT2D eigenvalue weighted by Gasteiger charge is -2.14. The van der Waals surface area contributed by atoms with E-state index in [-0.39, 0.29) is 29.7 Å². The van der Waals surface area contributed by atoms with Crippen molar-refractivity contribution in [1.82, 2.24) is 14.5 Å². The summed E-state index contributed by atoms with van der Waals surface area (Å²) in [6.45, 7) is 5.70. The van der Waals surface area contributed by atoms with E-state index >= 15 is 0 Å². The number of nitrogens with zero attached hydrogens (tertiary/aromatic N) is 5. The second-order valence-electron chi connectivity index (χ2n) is 6.26. The number of esters is 1. The summed E-state index contributed by atoms with van der Waals surface area (Å²) in [6, 6.07) is 11.1. The second-order valence-corrected chi connectivity index (χ2v) is 6.26. The molecule has 0 aliphatic rings. The summed E-state index contributed by atoms with van der Waals surface area (Å²) in [4.78, 5) is 21.5. The van der Waals surface area contributed by atoms with Crippen molar-refractivity contribution in [1.29, 1.82) is 5.26 Å². The first-order chi connectivity index (χ1) is 13.5. The number of ether oxygens (including phenoxy) is 1. The highest BCUT2D eigenvalue weighted by atomic mass is 16.5. The molecule has 0 radical (unpaired) electrons. The summed E-state index contributed by atoms with van der Waals surface area (Å²) in [5.41, 5.74) is 2.25. The zero-order valence-corrected chi connectivity index (χ0v) is 15.7. The van der Waals surface area contributed by atoms with Gasteiger partial charge < -0.3 is 14.5 Å². The van der Waals surface area contributed by atoms with E-state index in [9.17, 15) is 15.3 Å². The molecule has 0 amide bonds. The van der Waals surface area contributed by atoms with Crippen molar-refractivity contribution in [2.45, 2.75) is 26.8 Å². The SMILES string of the molecule is CCOC(=O)c1cnc(-c2ccccc2)c2nc(C(C#N)=NO)n(C(C)C)c12. The van der Waals surface area contributed by atoms with Gasteiger partial charge in [0.2, 0.25) is 5.71 Å². The number of carbonyl (C=O) groups is 1. The van der Waals surface area contributed by atoms with Crippen LogP contribution in [0.15, 0.2) is 41.7 Å². The smallest absolute Gasteiger partial charge is 0.341 e. The third kappa shape index (κ3) is 3.18. The molecule has 2 heterocycles. The molecular formula is C20H19N5O3. The van der Waals surface area contributed by atoms with Crippen molar-refractivity contribution in [2.24, 2.45) is 5.16 Å². The Morgan fingerprint density at radius 1 is 1.36 bits per heavy atom. The van der Waals surface area contributed by atoms with Crippen molar-refractivity contribution in [3.63, 3.8) is 0 Å². The Labute approximate surface area is 161 Å². The van der Waals surface area contributed by atoms with Gasteiger partial charge in [-0.1, -0.05) is 35.5 Å². The number of imidazole rings is 1. The summed E-state index contributed by atoms with van der Waals surface area (Å²) in [5, 5.41) is 21.7. The first-order valence-corrected chi connectivity index (χ1v) is 8.79. The van der Waals surface area contributed by atoms with Crippen LogP contribution in [0.1, 0.15) is 43.0 Å². The van der Waals surface area contributed by atoms with Crippen LogP contribution < -0.4 is 0 Å². The number of aromatic nitrogens is 3. The molecule has 8 heteroatoms. The Hall–Kier alpha value is -3.73. The van der Waals surface area contributed by atoms with Gasteiger partial charge in [-0.05, 0) is 20.8 Å². The summed E-state index contributed by atoms with van der Waals surface area (Å²) >= 11 is 0. The maximum Gasteiger partial charge on any atom is 0.341 e. The average Bonchev–Trinajstić information content (AvgIpc) is 3.09. The molecule has 0 bridgehead atoms. The van der Waals surface area contributed by atoms with Crippen LogP contribution in [-0.2, 0) is 4.74 Å². The fourth-order valence-electron chi connectivity index (χ4n) is 3.06. The summed E-state index contributed by atoms with van der Waals surface area (Å²) in [7, 11) is 0. The van der Waals surface area contributed by atoms with Crippen molar-refractivity contribution in [3.8, 4) is 17.3 Å². The lowest BCUT2D eigenvalue weighted by atomic mass is 10.1. The number of rotatable bonds is 5. The van der Waals surface area contributed by atoms with Crippen LogP contribution in [-0.4, -0.2) is 38.0 Å². The van der Waals surface area contributed by atoms with Gasteiger partial charge in [-0.25, -0.2) is 9.78 Å². The second kappa shape index (κ2) is 7.88. The van der Waals surface area contributed by atoms with Gasteiger partial charge in [0.05, 0.1) is 17.8 Å². The van der Waals surface area contributed by atoms with Crippen molar-refractivity contribution < 1.29 is 14.7 Å². The van der Waals surface area contributed by atoms with E-state index < -0.39 is 5.97 Å². The standard InChI is InChI=1S/C20H19N5O3/c1-4-28-20(26)14-11-22-16(13-8-6-5-7-9-13)17-18(14)25(12(2)3)19(23-17)15(10-21)24-27/h5-9,11-12,27H,4H2,1-3H3. The number of oxime groups is 1. The van der Waals surface area contributed by atoms with E-state index in [4.69, 9.17) is 4.74 Å². The number of carbonyl (C=O) groups excluding carboxylic acids is 1. The molecular weight excluding hydrogens is 358 g/mol. The number of nitriles is 1. The monoisotopic (exact) mass is 377 g/mol. The number of benzene rings is 1. The highest BCUT2D eigenvalue weighted by Crippen LogP contribution is 2.32. The zero-order valence-electron chi connectivity index (χ0n) is 15.7. The largest absolute Gasteiger partial charge is 0.462 e. The number of pyridine rings is 1. The maximum atomic E-state index is 12.6. The first kappa shape index (κ1) is 19.0. The number of hydrogen-bond acceptors (Lipinski definition) is 7. The molecule has 2 aromatic heterocycles. The van der Waals surface area contributed by atoms with E-state index in [2.05, 4.69) is 15.1 Å². The molecule has 8 nitrogen and oxygen atoms in total. The highest BCUT2D eigenvalue weighted by molar-refractivity contribution is 6.13. The van der Waals surface area contributed by atoms with Gasteiger partial charge in [0.25, 0.3) is 0 Å². The van der Waals surface area contributed by atoms with Gasteiger partial charge in [0.15, 0.2) is 5.82 Å². The number of fused-ring (bicyclic) bond motifs is 1. The van der Waals surface area contributed by atoms with Crippen LogP contribution >= 0.6 is 0 Å². The molecule has 0 aliphatic heterocycles. The fourth-order valence-corrected chi connectivity index (χ4v) is 3.06.